The van der Waals surface area contributed by atoms with Gasteiger partial charge in [-0.05, 0) is 38.1 Å². The van der Waals surface area contributed by atoms with Gasteiger partial charge >= 0.3 is 0 Å². The Hall–Kier alpha value is -2.87. The molecule has 0 saturated heterocycles. The minimum atomic E-state index is -0.261. The maximum Gasteiger partial charge on any atom is 0.277 e. The van der Waals surface area contributed by atoms with Gasteiger partial charge in [0.25, 0.3) is 5.91 Å². The summed E-state index contributed by atoms with van der Waals surface area (Å²) in [5.41, 5.74) is 3.03. The molecular formula is C18H18N4O3S. The van der Waals surface area contributed by atoms with Crippen molar-refractivity contribution in [1.29, 1.82) is 0 Å². The number of fused-ring (bicyclic) bond motifs is 1. The number of carbonyl (C=O) groups excluding carboxylic acids is 1. The fourth-order valence-corrected chi connectivity index (χ4v) is 3.48. The number of nitrogens with zero attached hydrogens (tertiary/aromatic N) is 3. The van der Waals surface area contributed by atoms with Crippen LogP contribution in [0.15, 0.2) is 29.6 Å². The Bertz CT molecular complexity index is 963. The summed E-state index contributed by atoms with van der Waals surface area (Å²) in [7, 11) is 0. The van der Waals surface area contributed by atoms with Crippen LogP contribution in [0, 0.1) is 6.92 Å². The van der Waals surface area contributed by atoms with E-state index in [0.29, 0.717) is 29.8 Å². The van der Waals surface area contributed by atoms with Gasteiger partial charge in [-0.2, -0.15) is 5.10 Å². The van der Waals surface area contributed by atoms with Gasteiger partial charge in [0, 0.05) is 23.2 Å². The largest absolute Gasteiger partial charge is 0.486 e. The second-order valence-corrected chi connectivity index (χ2v) is 6.70. The molecular weight excluding hydrogens is 352 g/mol. The molecule has 0 bridgehead atoms. The van der Waals surface area contributed by atoms with Crippen LogP contribution < -0.4 is 14.8 Å². The molecule has 1 N–H and O–H groups in total. The topological polar surface area (TPSA) is 78.3 Å². The number of aryl methyl sites for hydroxylation is 2. The Balaban J connectivity index is 1.51. The molecule has 0 saturated carbocycles. The van der Waals surface area contributed by atoms with Crippen molar-refractivity contribution in [3.63, 3.8) is 0 Å². The quantitative estimate of drug-likeness (QED) is 0.762. The third kappa shape index (κ3) is 3.15. The number of carbonyl (C=O) groups is 1. The molecule has 7 nitrogen and oxygen atoms in total. The van der Waals surface area contributed by atoms with Crippen molar-refractivity contribution >= 4 is 22.4 Å². The normalized spacial score (nSPS) is 12.8. The predicted octanol–water partition coefficient (Wildman–Crippen LogP) is 3.36. The SMILES string of the molecule is CCn1nc(C(=O)Nc2nc(-c3ccc4c(c3)OCCO4)cs2)cc1C. The van der Waals surface area contributed by atoms with Crippen LogP contribution >= 0.6 is 11.3 Å². The molecule has 0 unspecified atom stereocenters. The van der Waals surface area contributed by atoms with Gasteiger partial charge < -0.3 is 9.47 Å². The zero-order valence-corrected chi connectivity index (χ0v) is 15.3. The Labute approximate surface area is 154 Å². The summed E-state index contributed by atoms with van der Waals surface area (Å²) >= 11 is 1.37. The van der Waals surface area contributed by atoms with E-state index in [4.69, 9.17) is 9.47 Å². The highest BCUT2D eigenvalue weighted by atomic mass is 32.1. The van der Waals surface area contributed by atoms with E-state index in [1.165, 1.54) is 11.3 Å². The Kier molecular flexibility index (Phi) is 4.34. The highest BCUT2D eigenvalue weighted by molar-refractivity contribution is 7.14. The Morgan fingerprint density at radius 2 is 2.08 bits per heavy atom. The maximum absolute atomic E-state index is 12.4. The molecule has 134 valence electrons. The van der Waals surface area contributed by atoms with Crippen LogP contribution in [0.3, 0.4) is 0 Å². The summed E-state index contributed by atoms with van der Waals surface area (Å²) in [5, 5.41) is 9.53. The third-order valence-electron chi connectivity index (χ3n) is 4.08. The van der Waals surface area contributed by atoms with Gasteiger partial charge in [-0.1, -0.05) is 0 Å². The summed E-state index contributed by atoms with van der Waals surface area (Å²) in [6.07, 6.45) is 0. The lowest BCUT2D eigenvalue weighted by Crippen LogP contribution is -2.15. The molecule has 1 amide bonds. The molecule has 1 aliphatic heterocycles. The average Bonchev–Trinajstić information content (AvgIpc) is 3.27. The molecule has 4 rings (SSSR count). The maximum atomic E-state index is 12.4. The van der Waals surface area contributed by atoms with Crippen LogP contribution in [0.2, 0.25) is 0 Å². The van der Waals surface area contributed by atoms with E-state index in [1.807, 2.05) is 37.4 Å². The first-order valence-electron chi connectivity index (χ1n) is 8.35. The van der Waals surface area contributed by atoms with Crippen LogP contribution in [0.25, 0.3) is 11.3 Å². The summed E-state index contributed by atoms with van der Waals surface area (Å²) in [5.74, 6) is 1.20. The van der Waals surface area contributed by atoms with Crippen LogP contribution in [0.5, 0.6) is 11.5 Å². The van der Waals surface area contributed by atoms with Gasteiger partial charge in [0.05, 0.1) is 5.69 Å². The minimum Gasteiger partial charge on any atom is -0.486 e. The summed E-state index contributed by atoms with van der Waals surface area (Å²) < 4.78 is 12.9. The van der Waals surface area contributed by atoms with E-state index in [1.54, 1.807) is 10.7 Å². The van der Waals surface area contributed by atoms with Crippen molar-refractivity contribution in [3.8, 4) is 22.8 Å². The summed E-state index contributed by atoms with van der Waals surface area (Å²) in [4.78, 5) is 16.9. The van der Waals surface area contributed by atoms with Gasteiger partial charge in [0.2, 0.25) is 0 Å². The summed E-state index contributed by atoms with van der Waals surface area (Å²) in [6.45, 7) is 5.74. The number of ether oxygens (including phenoxy) is 2. The zero-order chi connectivity index (χ0) is 18.1. The van der Waals surface area contributed by atoms with E-state index < -0.39 is 0 Å². The van der Waals surface area contributed by atoms with Gasteiger partial charge in [-0.15, -0.1) is 11.3 Å². The molecule has 0 radical (unpaired) electrons. The standard InChI is InChI=1S/C18H18N4O3S/c1-3-22-11(2)8-13(21-22)17(23)20-18-19-14(10-26-18)12-4-5-15-16(9-12)25-7-6-24-15/h4-5,8-10H,3,6-7H2,1-2H3,(H,19,20,23). The second-order valence-electron chi connectivity index (χ2n) is 5.84. The first-order chi connectivity index (χ1) is 12.6. The van der Waals surface area contributed by atoms with Crippen molar-refractivity contribution in [2.24, 2.45) is 0 Å². The lowest BCUT2D eigenvalue weighted by Gasteiger charge is -2.18. The fraction of sp³-hybridized carbons (Fsp3) is 0.278. The fourth-order valence-electron chi connectivity index (χ4n) is 2.77. The molecule has 0 aliphatic carbocycles. The average molecular weight is 370 g/mol. The number of nitrogens with one attached hydrogen (secondary N) is 1. The molecule has 1 aromatic carbocycles. The lowest BCUT2D eigenvalue weighted by atomic mass is 10.1. The zero-order valence-electron chi connectivity index (χ0n) is 14.5. The molecule has 2 aromatic heterocycles. The van der Waals surface area contributed by atoms with Crippen molar-refractivity contribution < 1.29 is 14.3 Å². The van der Waals surface area contributed by atoms with Crippen LogP contribution in [0.4, 0.5) is 5.13 Å². The second kappa shape index (κ2) is 6.80. The predicted molar refractivity (Wildman–Crippen MR) is 99.1 cm³/mol. The van der Waals surface area contributed by atoms with E-state index in [-0.39, 0.29) is 5.91 Å². The number of hydrogen-bond acceptors (Lipinski definition) is 6. The van der Waals surface area contributed by atoms with Gasteiger partial charge in [-0.3, -0.25) is 14.8 Å². The van der Waals surface area contributed by atoms with E-state index in [0.717, 1.165) is 29.2 Å². The van der Waals surface area contributed by atoms with Crippen molar-refractivity contribution in [3.05, 3.63) is 41.0 Å². The first-order valence-corrected chi connectivity index (χ1v) is 9.23. The molecule has 1 aliphatic rings. The van der Waals surface area contributed by atoms with Crippen molar-refractivity contribution in [2.75, 3.05) is 18.5 Å². The molecule has 3 aromatic rings. The smallest absolute Gasteiger partial charge is 0.277 e. The number of hydrogen-bond donors (Lipinski definition) is 1. The molecule has 0 atom stereocenters. The number of amides is 1. The lowest BCUT2D eigenvalue weighted by molar-refractivity contribution is 0.102. The molecule has 26 heavy (non-hydrogen) atoms. The van der Waals surface area contributed by atoms with E-state index >= 15 is 0 Å². The minimum absolute atomic E-state index is 0.261. The van der Waals surface area contributed by atoms with Crippen molar-refractivity contribution in [2.45, 2.75) is 20.4 Å². The highest BCUT2D eigenvalue weighted by Gasteiger charge is 2.16. The van der Waals surface area contributed by atoms with Gasteiger partial charge in [-0.25, -0.2) is 4.98 Å². The molecule has 0 fully saturated rings. The molecule has 3 heterocycles. The van der Waals surface area contributed by atoms with E-state index in [9.17, 15) is 4.79 Å². The number of rotatable bonds is 4. The first kappa shape index (κ1) is 16.6. The molecule has 8 heteroatoms. The number of thiazole rings is 1. The molecule has 0 spiro atoms. The number of aromatic nitrogens is 3. The number of benzene rings is 1. The third-order valence-corrected chi connectivity index (χ3v) is 4.83. The highest BCUT2D eigenvalue weighted by Crippen LogP contribution is 2.35. The van der Waals surface area contributed by atoms with Crippen LogP contribution in [-0.4, -0.2) is 33.9 Å². The number of anilines is 1. The van der Waals surface area contributed by atoms with Gasteiger partial charge in [0.1, 0.15) is 13.2 Å². The Morgan fingerprint density at radius 3 is 2.85 bits per heavy atom. The summed E-state index contributed by atoms with van der Waals surface area (Å²) in [6, 6.07) is 7.48. The van der Waals surface area contributed by atoms with Gasteiger partial charge in [0.15, 0.2) is 22.3 Å². The monoisotopic (exact) mass is 370 g/mol. The van der Waals surface area contributed by atoms with Crippen LogP contribution in [-0.2, 0) is 6.54 Å². The van der Waals surface area contributed by atoms with Crippen LogP contribution in [0.1, 0.15) is 23.1 Å². The van der Waals surface area contributed by atoms with E-state index in [2.05, 4.69) is 15.4 Å². The Morgan fingerprint density at radius 1 is 1.27 bits per heavy atom. The van der Waals surface area contributed by atoms with Crippen molar-refractivity contribution in [1.82, 2.24) is 14.8 Å².